The number of para-hydroxylation sites is 2. The first kappa shape index (κ1) is 20.6. The molecule has 27 heavy (non-hydrogen) atoms. The van der Waals surface area contributed by atoms with Gasteiger partial charge in [0.2, 0.25) is 0 Å². The second kappa shape index (κ2) is 10.5. The lowest BCUT2D eigenvalue weighted by Crippen LogP contribution is -2.37. The van der Waals surface area contributed by atoms with E-state index in [1.165, 1.54) is 5.56 Å². The Morgan fingerprint density at radius 3 is 2.26 bits per heavy atom. The number of methoxy groups -OCH3 is 1. The Hall–Kier alpha value is -2.69. The van der Waals surface area contributed by atoms with Gasteiger partial charge in [-0.1, -0.05) is 24.3 Å². The summed E-state index contributed by atoms with van der Waals surface area (Å²) in [5.74, 6) is 1.92. The zero-order valence-electron chi connectivity index (χ0n) is 16.5. The fourth-order valence-corrected chi connectivity index (χ4v) is 2.61. The van der Waals surface area contributed by atoms with E-state index in [0.717, 1.165) is 18.6 Å². The summed E-state index contributed by atoms with van der Waals surface area (Å²) in [7, 11) is 1.58. The summed E-state index contributed by atoms with van der Waals surface area (Å²) >= 11 is 0. The third-order valence-corrected chi connectivity index (χ3v) is 3.98. The molecule has 0 fully saturated rings. The zero-order valence-corrected chi connectivity index (χ0v) is 16.5. The van der Waals surface area contributed by atoms with Gasteiger partial charge in [0.15, 0.2) is 17.6 Å². The van der Waals surface area contributed by atoms with Gasteiger partial charge in [-0.15, -0.1) is 0 Å². The van der Waals surface area contributed by atoms with Crippen molar-refractivity contribution in [2.75, 3.05) is 13.7 Å². The number of carbonyl (C=O) groups is 1. The van der Waals surface area contributed by atoms with E-state index in [2.05, 4.69) is 17.4 Å². The standard InChI is InChI=1S/C22H29NO4/c1-16(2)26-19-13-11-18(12-14-19)8-7-15-23-22(24)17(3)27-21-10-6-5-9-20(21)25-4/h5-6,9-14,16-17H,7-8,15H2,1-4H3,(H,23,24)/t17-/m0/s1. The van der Waals surface area contributed by atoms with Gasteiger partial charge in [-0.25, -0.2) is 0 Å². The maximum atomic E-state index is 12.2. The largest absolute Gasteiger partial charge is 0.493 e. The molecule has 0 aromatic heterocycles. The van der Waals surface area contributed by atoms with Crippen molar-refractivity contribution in [3.05, 3.63) is 54.1 Å². The van der Waals surface area contributed by atoms with Gasteiger partial charge in [0, 0.05) is 6.54 Å². The van der Waals surface area contributed by atoms with E-state index in [-0.39, 0.29) is 12.0 Å². The van der Waals surface area contributed by atoms with Crippen molar-refractivity contribution in [3.63, 3.8) is 0 Å². The third-order valence-electron chi connectivity index (χ3n) is 3.98. The van der Waals surface area contributed by atoms with Crippen molar-refractivity contribution in [2.24, 2.45) is 0 Å². The Bertz CT molecular complexity index is 713. The van der Waals surface area contributed by atoms with Crippen LogP contribution < -0.4 is 19.5 Å². The van der Waals surface area contributed by atoms with Crippen LogP contribution in [0.3, 0.4) is 0 Å². The average Bonchev–Trinajstić information content (AvgIpc) is 2.66. The van der Waals surface area contributed by atoms with Gasteiger partial charge in [0.25, 0.3) is 5.91 Å². The minimum atomic E-state index is -0.589. The van der Waals surface area contributed by atoms with E-state index in [1.807, 2.05) is 38.1 Å². The van der Waals surface area contributed by atoms with Crippen LogP contribution in [0.1, 0.15) is 32.8 Å². The number of carbonyl (C=O) groups excluding carboxylic acids is 1. The van der Waals surface area contributed by atoms with Gasteiger partial charge in [-0.2, -0.15) is 0 Å². The molecule has 1 atom stereocenters. The van der Waals surface area contributed by atoms with Crippen LogP contribution in [0.2, 0.25) is 0 Å². The van der Waals surface area contributed by atoms with Gasteiger partial charge in [-0.05, 0) is 63.4 Å². The number of rotatable bonds is 10. The number of aryl methyl sites for hydroxylation is 1. The van der Waals surface area contributed by atoms with E-state index in [0.29, 0.717) is 18.0 Å². The highest BCUT2D eigenvalue weighted by Crippen LogP contribution is 2.26. The first-order valence-electron chi connectivity index (χ1n) is 9.32. The Kier molecular flexibility index (Phi) is 7.99. The molecule has 1 N–H and O–H groups in total. The number of ether oxygens (including phenoxy) is 3. The molecule has 2 aromatic rings. The smallest absolute Gasteiger partial charge is 0.260 e. The number of benzene rings is 2. The highest BCUT2D eigenvalue weighted by Gasteiger charge is 2.16. The molecule has 0 spiro atoms. The van der Waals surface area contributed by atoms with Crippen LogP contribution in [-0.4, -0.2) is 31.8 Å². The Morgan fingerprint density at radius 1 is 0.963 bits per heavy atom. The summed E-state index contributed by atoms with van der Waals surface area (Å²) in [6.45, 7) is 6.35. The highest BCUT2D eigenvalue weighted by molar-refractivity contribution is 5.80. The van der Waals surface area contributed by atoms with Crippen LogP contribution >= 0.6 is 0 Å². The molecule has 0 aliphatic heterocycles. The molecule has 0 unspecified atom stereocenters. The molecule has 5 heteroatoms. The molecule has 0 aliphatic rings. The van der Waals surface area contributed by atoms with Crippen molar-refractivity contribution in [1.29, 1.82) is 0 Å². The second-order valence-electron chi connectivity index (χ2n) is 6.62. The SMILES string of the molecule is COc1ccccc1O[C@@H](C)C(=O)NCCCc1ccc(OC(C)C)cc1. The topological polar surface area (TPSA) is 56.8 Å². The number of hydrogen-bond acceptors (Lipinski definition) is 4. The van der Waals surface area contributed by atoms with Crippen LogP contribution in [0.5, 0.6) is 17.2 Å². The van der Waals surface area contributed by atoms with Crippen molar-refractivity contribution in [1.82, 2.24) is 5.32 Å². The van der Waals surface area contributed by atoms with Crippen molar-refractivity contribution in [3.8, 4) is 17.2 Å². The fourth-order valence-electron chi connectivity index (χ4n) is 2.61. The van der Waals surface area contributed by atoms with Gasteiger partial charge in [-0.3, -0.25) is 4.79 Å². The van der Waals surface area contributed by atoms with Crippen LogP contribution in [0.15, 0.2) is 48.5 Å². The molecular formula is C22H29NO4. The normalized spacial score (nSPS) is 11.7. The Labute approximate surface area is 161 Å². The number of hydrogen-bond donors (Lipinski definition) is 1. The summed E-state index contributed by atoms with van der Waals surface area (Å²) < 4.78 is 16.6. The summed E-state index contributed by atoms with van der Waals surface area (Å²) in [5.41, 5.74) is 1.22. The predicted molar refractivity (Wildman–Crippen MR) is 107 cm³/mol. The highest BCUT2D eigenvalue weighted by atomic mass is 16.5. The van der Waals surface area contributed by atoms with Crippen LogP contribution in [-0.2, 0) is 11.2 Å². The van der Waals surface area contributed by atoms with Crippen molar-refractivity contribution in [2.45, 2.75) is 45.8 Å². The van der Waals surface area contributed by atoms with Crippen LogP contribution in [0.25, 0.3) is 0 Å². The van der Waals surface area contributed by atoms with E-state index < -0.39 is 6.10 Å². The molecule has 0 aliphatic carbocycles. The predicted octanol–water partition coefficient (Wildman–Crippen LogP) is 4.00. The number of nitrogens with one attached hydrogen (secondary N) is 1. The molecule has 0 heterocycles. The Balaban J connectivity index is 1.72. The molecule has 0 radical (unpaired) electrons. The van der Waals surface area contributed by atoms with Gasteiger partial charge >= 0.3 is 0 Å². The van der Waals surface area contributed by atoms with Crippen molar-refractivity contribution >= 4 is 5.91 Å². The van der Waals surface area contributed by atoms with Gasteiger partial charge in [0.05, 0.1) is 13.2 Å². The first-order chi connectivity index (χ1) is 13.0. The lowest BCUT2D eigenvalue weighted by atomic mass is 10.1. The lowest BCUT2D eigenvalue weighted by Gasteiger charge is -2.16. The Morgan fingerprint density at radius 2 is 1.63 bits per heavy atom. The van der Waals surface area contributed by atoms with Crippen molar-refractivity contribution < 1.29 is 19.0 Å². The molecule has 146 valence electrons. The van der Waals surface area contributed by atoms with Crippen LogP contribution in [0, 0.1) is 0 Å². The summed E-state index contributed by atoms with van der Waals surface area (Å²) in [4.78, 5) is 12.2. The van der Waals surface area contributed by atoms with E-state index in [1.54, 1.807) is 26.2 Å². The average molecular weight is 371 g/mol. The summed E-state index contributed by atoms with van der Waals surface area (Å²) in [6.07, 6.45) is 1.33. The maximum Gasteiger partial charge on any atom is 0.260 e. The molecule has 2 rings (SSSR count). The van der Waals surface area contributed by atoms with Gasteiger partial charge < -0.3 is 19.5 Å². The van der Waals surface area contributed by atoms with Crippen LogP contribution in [0.4, 0.5) is 0 Å². The second-order valence-corrected chi connectivity index (χ2v) is 6.62. The van der Waals surface area contributed by atoms with E-state index >= 15 is 0 Å². The fraction of sp³-hybridized carbons (Fsp3) is 0.409. The summed E-state index contributed by atoms with van der Waals surface area (Å²) in [5, 5.41) is 2.92. The zero-order chi connectivity index (χ0) is 19.6. The molecule has 0 bridgehead atoms. The molecule has 1 amide bonds. The molecule has 5 nitrogen and oxygen atoms in total. The first-order valence-corrected chi connectivity index (χ1v) is 9.32. The monoisotopic (exact) mass is 371 g/mol. The molecule has 0 saturated carbocycles. The molecular weight excluding hydrogens is 342 g/mol. The third kappa shape index (κ3) is 6.85. The maximum absolute atomic E-state index is 12.2. The quantitative estimate of drug-likeness (QED) is 0.642. The molecule has 0 saturated heterocycles. The van der Waals surface area contributed by atoms with Gasteiger partial charge in [0.1, 0.15) is 5.75 Å². The molecule has 2 aromatic carbocycles. The minimum absolute atomic E-state index is 0.137. The lowest BCUT2D eigenvalue weighted by molar-refractivity contribution is -0.127. The number of amides is 1. The van der Waals surface area contributed by atoms with E-state index in [4.69, 9.17) is 14.2 Å². The minimum Gasteiger partial charge on any atom is -0.493 e. The van der Waals surface area contributed by atoms with E-state index in [9.17, 15) is 4.79 Å². The summed E-state index contributed by atoms with van der Waals surface area (Å²) in [6, 6.07) is 15.4.